The Morgan fingerprint density at radius 2 is 2.18 bits per heavy atom. The molecule has 0 saturated heterocycles. The van der Waals surface area contributed by atoms with Gasteiger partial charge in [-0.3, -0.25) is 15.1 Å². The summed E-state index contributed by atoms with van der Waals surface area (Å²) in [6.45, 7) is 0.633. The molecule has 3 rings (SSSR count). The average molecular weight is 394 g/mol. The Morgan fingerprint density at radius 3 is 2.79 bits per heavy atom. The molecule has 2 heterocycles. The van der Waals surface area contributed by atoms with E-state index in [0.29, 0.717) is 6.54 Å². The second-order valence-corrected chi connectivity index (χ2v) is 5.98. The number of benzene rings is 1. The van der Waals surface area contributed by atoms with Gasteiger partial charge in [0, 0.05) is 24.8 Å². The fraction of sp³-hybridized carbons (Fsp3) is 0.235. The highest BCUT2D eigenvalue weighted by Crippen LogP contribution is 2.38. The van der Waals surface area contributed by atoms with E-state index in [4.69, 9.17) is 15.9 Å². The Labute approximate surface area is 157 Å². The summed E-state index contributed by atoms with van der Waals surface area (Å²) >= 11 is 0. The highest BCUT2D eigenvalue weighted by Gasteiger charge is 2.34. The van der Waals surface area contributed by atoms with Crippen molar-refractivity contribution in [3.63, 3.8) is 0 Å². The quantitative estimate of drug-likeness (QED) is 0.456. The zero-order valence-corrected chi connectivity index (χ0v) is 14.7. The van der Waals surface area contributed by atoms with Gasteiger partial charge in [-0.2, -0.15) is 13.2 Å². The van der Waals surface area contributed by atoms with E-state index in [1.54, 1.807) is 23.3 Å². The van der Waals surface area contributed by atoms with E-state index in [2.05, 4.69) is 9.97 Å². The van der Waals surface area contributed by atoms with Gasteiger partial charge in [0.05, 0.1) is 24.0 Å². The first-order valence-electron chi connectivity index (χ1n) is 8.12. The van der Waals surface area contributed by atoms with Crippen LogP contribution < -0.4 is 10.5 Å². The third-order valence-corrected chi connectivity index (χ3v) is 4.12. The molecule has 0 unspecified atom stereocenters. The summed E-state index contributed by atoms with van der Waals surface area (Å²) < 4.78 is 47.5. The SMILES string of the molecule is CN(C(=N)N)C(=O)c1cc2c(C(F)(F)F)ccc(OCCn3ccnc3)c2[nH]1. The van der Waals surface area contributed by atoms with E-state index < -0.39 is 23.6 Å². The molecule has 4 N–H and O–H groups in total. The molecule has 3 aromatic rings. The van der Waals surface area contributed by atoms with Crippen LogP contribution in [-0.2, 0) is 12.7 Å². The first-order chi connectivity index (χ1) is 13.2. The van der Waals surface area contributed by atoms with Gasteiger partial charge < -0.3 is 20.0 Å². The monoisotopic (exact) mass is 394 g/mol. The van der Waals surface area contributed by atoms with Gasteiger partial charge in [-0.05, 0) is 18.2 Å². The predicted octanol–water partition coefficient (Wildman–Crippen LogP) is 2.43. The van der Waals surface area contributed by atoms with Crippen LogP contribution in [0.5, 0.6) is 5.75 Å². The van der Waals surface area contributed by atoms with Crippen LogP contribution in [0.1, 0.15) is 16.1 Å². The van der Waals surface area contributed by atoms with Crippen molar-refractivity contribution in [2.45, 2.75) is 12.7 Å². The number of hydrogen-bond acceptors (Lipinski definition) is 4. The van der Waals surface area contributed by atoms with Crippen LogP contribution in [0.25, 0.3) is 10.9 Å². The molecule has 0 aliphatic rings. The van der Waals surface area contributed by atoms with Crippen LogP contribution >= 0.6 is 0 Å². The van der Waals surface area contributed by atoms with Gasteiger partial charge in [0.2, 0.25) is 0 Å². The lowest BCUT2D eigenvalue weighted by Gasteiger charge is -2.13. The largest absolute Gasteiger partial charge is 0.490 e. The third kappa shape index (κ3) is 3.77. The van der Waals surface area contributed by atoms with Gasteiger partial charge in [-0.15, -0.1) is 0 Å². The molecule has 1 amide bonds. The Hall–Kier alpha value is -3.50. The number of nitrogens with zero attached hydrogens (tertiary/aromatic N) is 3. The van der Waals surface area contributed by atoms with Crippen LogP contribution in [-0.4, -0.2) is 45.0 Å². The molecule has 0 radical (unpaired) electrons. The molecule has 0 saturated carbocycles. The summed E-state index contributed by atoms with van der Waals surface area (Å²) in [6, 6.07) is 3.20. The lowest BCUT2D eigenvalue weighted by molar-refractivity contribution is -0.136. The molecule has 28 heavy (non-hydrogen) atoms. The number of fused-ring (bicyclic) bond motifs is 1. The molecule has 2 aromatic heterocycles. The minimum Gasteiger partial charge on any atom is -0.490 e. The Morgan fingerprint density at radius 1 is 1.43 bits per heavy atom. The maximum atomic E-state index is 13.4. The second kappa shape index (κ2) is 7.25. The molecule has 0 atom stereocenters. The van der Waals surface area contributed by atoms with Gasteiger partial charge in [0.1, 0.15) is 18.1 Å². The Balaban J connectivity index is 1.97. The van der Waals surface area contributed by atoms with Crippen molar-refractivity contribution >= 4 is 22.8 Å². The molecule has 148 valence electrons. The summed E-state index contributed by atoms with van der Waals surface area (Å²) in [5, 5.41) is 7.11. The molecule has 0 fully saturated rings. The van der Waals surface area contributed by atoms with Crippen molar-refractivity contribution in [2.24, 2.45) is 5.73 Å². The smallest absolute Gasteiger partial charge is 0.417 e. The molecule has 11 heteroatoms. The van der Waals surface area contributed by atoms with Crippen LogP contribution in [0, 0.1) is 5.41 Å². The number of amides is 1. The van der Waals surface area contributed by atoms with Gasteiger partial charge in [0.15, 0.2) is 5.96 Å². The number of carbonyl (C=O) groups is 1. The number of aromatic amines is 1. The molecule has 0 aliphatic carbocycles. The predicted molar refractivity (Wildman–Crippen MR) is 95.0 cm³/mol. The molecule has 1 aromatic carbocycles. The standard InChI is InChI=1S/C17H17F3N6O2/c1-25(16(21)22)15(27)12-8-10-11(17(18,19)20)2-3-13(14(10)24-12)28-7-6-26-5-4-23-9-26/h2-5,8-9,24H,6-7H2,1H3,(H3,21,22). The highest BCUT2D eigenvalue weighted by molar-refractivity contribution is 6.06. The van der Waals surface area contributed by atoms with Crippen molar-refractivity contribution in [1.29, 1.82) is 5.41 Å². The number of H-pyrrole nitrogens is 1. The van der Waals surface area contributed by atoms with Gasteiger partial charge >= 0.3 is 6.18 Å². The van der Waals surface area contributed by atoms with Crippen LogP contribution in [0.4, 0.5) is 13.2 Å². The third-order valence-electron chi connectivity index (χ3n) is 4.12. The molecule has 0 aliphatic heterocycles. The van der Waals surface area contributed by atoms with Crippen molar-refractivity contribution in [3.05, 3.63) is 48.2 Å². The lowest BCUT2D eigenvalue weighted by Crippen LogP contribution is -2.38. The number of hydrogen-bond donors (Lipinski definition) is 3. The van der Waals surface area contributed by atoms with E-state index in [1.807, 2.05) is 0 Å². The second-order valence-electron chi connectivity index (χ2n) is 5.98. The van der Waals surface area contributed by atoms with E-state index in [9.17, 15) is 18.0 Å². The highest BCUT2D eigenvalue weighted by atomic mass is 19.4. The number of ether oxygens (including phenoxy) is 1. The number of alkyl halides is 3. The van der Waals surface area contributed by atoms with Crippen molar-refractivity contribution in [2.75, 3.05) is 13.7 Å². The van der Waals surface area contributed by atoms with Gasteiger partial charge in [0.25, 0.3) is 5.91 Å². The number of carbonyl (C=O) groups excluding carboxylic acids is 1. The molecule has 0 bridgehead atoms. The minimum atomic E-state index is -4.61. The van der Waals surface area contributed by atoms with Crippen LogP contribution in [0.15, 0.2) is 36.9 Å². The summed E-state index contributed by atoms with van der Waals surface area (Å²) in [5.41, 5.74) is 4.28. The zero-order chi connectivity index (χ0) is 20.5. The Kier molecular flexibility index (Phi) is 4.99. The number of guanidine groups is 1. The fourth-order valence-corrected chi connectivity index (χ4v) is 2.65. The summed E-state index contributed by atoms with van der Waals surface area (Å²) in [4.78, 5) is 19.7. The van der Waals surface area contributed by atoms with E-state index in [-0.39, 0.29) is 29.0 Å². The van der Waals surface area contributed by atoms with E-state index in [1.165, 1.54) is 13.1 Å². The number of halogens is 3. The van der Waals surface area contributed by atoms with Crippen molar-refractivity contribution in [1.82, 2.24) is 19.4 Å². The van der Waals surface area contributed by atoms with Crippen molar-refractivity contribution < 1.29 is 22.7 Å². The number of imidazole rings is 1. The molecular formula is C17H17F3N6O2. The topological polar surface area (TPSA) is 113 Å². The molecule has 8 nitrogen and oxygen atoms in total. The first kappa shape index (κ1) is 19.3. The summed E-state index contributed by atoms with van der Waals surface area (Å²) in [6.07, 6.45) is 0.316. The summed E-state index contributed by atoms with van der Waals surface area (Å²) in [5.74, 6) is -1.09. The molecular weight excluding hydrogens is 377 g/mol. The maximum absolute atomic E-state index is 13.4. The number of rotatable bonds is 5. The first-order valence-corrected chi connectivity index (χ1v) is 8.12. The maximum Gasteiger partial charge on any atom is 0.417 e. The zero-order valence-electron chi connectivity index (χ0n) is 14.7. The van der Waals surface area contributed by atoms with Crippen LogP contribution in [0.2, 0.25) is 0 Å². The number of nitrogens with two attached hydrogens (primary N) is 1. The summed E-state index contributed by atoms with van der Waals surface area (Å²) in [7, 11) is 1.25. The Bertz CT molecular complexity index is 1010. The number of nitrogens with one attached hydrogen (secondary N) is 2. The van der Waals surface area contributed by atoms with E-state index in [0.717, 1.165) is 17.0 Å². The van der Waals surface area contributed by atoms with E-state index >= 15 is 0 Å². The van der Waals surface area contributed by atoms with Crippen LogP contribution in [0.3, 0.4) is 0 Å². The lowest BCUT2D eigenvalue weighted by atomic mass is 10.1. The normalized spacial score (nSPS) is 11.6. The van der Waals surface area contributed by atoms with Gasteiger partial charge in [-0.25, -0.2) is 4.98 Å². The fourth-order valence-electron chi connectivity index (χ4n) is 2.65. The number of aromatic nitrogens is 3. The molecule has 0 spiro atoms. The average Bonchev–Trinajstić information content (AvgIpc) is 3.29. The van der Waals surface area contributed by atoms with Gasteiger partial charge in [-0.1, -0.05) is 0 Å². The van der Waals surface area contributed by atoms with Crippen molar-refractivity contribution in [3.8, 4) is 5.75 Å². The minimum absolute atomic E-state index is 0.0424.